The Labute approximate surface area is 161 Å². The number of hydrogen-bond donors (Lipinski definition) is 2. The summed E-state index contributed by atoms with van der Waals surface area (Å²) in [7, 11) is 1.47. The van der Waals surface area contributed by atoms with Gasteiger partial charge < -0.3 is 9.47 Å². The van der Waals surface area contributed by atoms with Gasteiger partial charge in [-0.2, -0.15) is 0 Å². The number of non-ortho nitro benzene ring substituents is 1. The van der Waals surface area contributed by atoms with Crippen LogP contribution in [0.4, 0.5) is 5.69 Å². The average Bonchev–Trinajstić information content (AvgIpc) is 2.72. The number of unbranched alkanes of at least 4 members (excludes halogenated alkanes) is 1. The van der Waals surface area contributed by atoms with Gasteiger partial charge in [-0.1, -0.05) is 13.3 Å². The summed E-state index contributed by atoms with van der Waals surface area (Å²) in [6, 6.07) is 9.70. The van der Waals surface area contributed by atoms with E-state index in [1.165, 1.54) is 37.4 Å². The van der Waals surface area contributed by atoms with Crippen molar-refractivity contribution in [1.29, 1.82) is 0 Å². The number of hydrazine groups is 1. The minimum absolute atomic E-state index is 0.131. The Kier molecular flexibility index (Phi) is 7.32. The van der Waals surface area contributed by atoms with E-state index in [1.54, 1.807) is 12.1 Å². The molecule has 0 heterocycles. The van der Waals surface area contributed by atoms with E-state index in [4.69, 9.17) is 9.47 Å². The van der Waals surface area contributed by atoms with Gasteiger partial charge in [0.25, 0.3) is 17.5 Å². The molecule has 0 aromatic heterocycles. The smallest absolute Gasteiger partial charge is 0.269 e. The number of rotatable bonds is 8. The number of ether oxygens (including phenoxy) is 2. The lowest BCUT2D eigenvalue weighted by atomic mass is 10.2. The molecule has 28 heavy (non-hydrogen) atoms. The Balaban J connectivity index is 1.98. The van der Waals surface area contributed by atoms with Crippen LogP contribution in [-0.4, -0.2) is 30.5 Å². The third-order valence-electron chi connectivity index (χ3n) is 3.81. The van der Waals surface area contributed by atoms with Gasteiger partial charge in [-0.05, 0) is 36.8 Å². The zero-order valence-electron chi connectivity index (χ0n) is 15.6. The van der Waals surface area contributed by atoms with Crippen molar-refractivity contribution in [1.82, 2.24) is 10.9 Å². The van der Waals surface area contributed by atoms with E-state index < -0.39 is 16.7 Å². The van der Waals surface area contributed by atoms with Crippen molar-refractivity contribution >= 4 is 17.5 Å². The fraction of sp³-hybridized carbons (Fsp3) is 0.263. The van der Waals surface area contributed by atoms with Crippen molar-refractivity contribution in [2.75, 3.05) is 13.7 Å². The molecule has 0 aliphatic rings. The second kappa shape index (κ2) is 9.91. The van der Waals surface area contributed by atoms with E-state index in [2.05, 4.69) is 17.8 Å². The summed E-state index contributed by atoms with van der Waals surface area (Å²) in [4.78, 5) is 34.4. The number of carbonyl (C=O) groups is 2. The van der Waals surface area contributed by atoms with Crippen LogP contribution >= 0.6 is 0 Å². The number of hydrogen-bond acceptors (Lipinski definition) is 6. The number of amides is 2. The number of nitro benzene ring substituents is 1. The van der Waals surface area contributed by atoms with Gasteiger partial charge in [0.2, 0.25) is 0 Å². The molecule has 2 aromatic rings. The maximum absolute atomic E-state index is 12.3. The molecule has 0 fully saturated rings. The van der Waals surface area contributed by atoms with Gasteiger partial charge >= 0.3 is 0 Å². The summed E-state index contributed by atoms with van der Waals surface area (Å²) < 4.78 is 10.9. The molecule has 9 heteroatoms. The fourth-order valence-corrected chi connectivity index (χ4v) is 2.25. The molecule has 0 radical (unpaired) electrons. The lowest BCUT2D eigenvalue weighted by Crippen LogP contribution is -2.41. The molecule has 148 valence electrons. The van der Waals surface area contributed by atoms with Crippen molar-refractivity contribution < 1.29 is 24.0 Å². The van der Waals surface area contributed by atoms with Crippen molar-refractivity contribution in [3.05, 3.63) is 63.7 Å². The minimum Gasteiger partial charge on any atom is -0.493 e. The first kappa shape index (κ1) is 20.7. The van der Waals surface area contributed by atoms with Gasteiger partial charge in [-0.3, -0.25) is 30.6 Å². The highest BCUT2D eigenvalue weighted by molar-refractivity contribution is 5.99. The molecule has 0 atom stereocenters. The molecule has 0 saturated heterocycles. The topological polar surface area (TPSA) is 120 Å². The molecule has 0 aliphatic heterocycles. The van der Waals surface area contributed by atoms with Crippen molar-refractivity contribution in [3.63, 3.8) is 0 Å². The molecule has 2 rings (SSSR count). The average molecular weight is 387 g/mol. The first-order valence-electron chi connectivity index (χ1n) is 8.62. The Morgan fingerprint density at radius 3 is 2.18 bits per heavy atom. The summed E-state index contributed by atoms with van der Waals surface area (Å²) in [5.74, 6) is -0.212. The number of nitrogens with zero attached hydrogens (tertiary/aromatic N) is 1. The Morgan fingerprint density at radius 2 is 1.61 bits per heavy atom. The van der Waals surface area contributed by atoms with Gasteiger partial charge in [0.05, 0.1) is 18.6 Å². The molecular weight excluding hydrogens is 366 g/mol. The maximum Gasteiger partial charge on any atom is 0.269 e. The molecule has 2 aromatic carbocycles. The predicted molar refractivity (Wildman–Crippen MR) is 101 cm³/mol. The van der Waals surface area contributed by atoms with E-state index in [0.717, 1.165) is 12.8 Å². The number of carbonyl (C=O) groups excluding carboxylic acids is 2. The minimum atomic E-state index is -0.602. The molecule has 0 bridgehead atoms. The van der Waals surface area contributed by atoms with Crippen LogP contribution in [0.5, 0.6) is 11.5 Å². The first-order chi connectivity index (χ1) is 13.5. The third kappa shape index (κ3) is 5.44. The maximum atomic E-state index is 12.3. The highest BCUT2D eigenvalue weighted by Gasteiger charge is 2.13. The van der Waals surface area contributed by atoms with Gasteiger partial charge in [0.1, 0.15) is 0 Å². The summed E-state index contributed by atoms with van der Waals surface area (Å²) in [6.07, 6.45) is 1.90. The molecule has 0 aliphatic carbocycles. The van der Waals surface area contributed by atoms with E-state index >= 15 is 0 Å². The highest BCUT2D eigenvalue weighted by Crippen LogP contribution is 2.28. The molecular formula is C19H21N3O6. The predicted octanol–water partition coefficient (Wildman–Crippen LogP) is 2.86. The normalized spacial score (nSPS) is 10.1. The van der Waals surface area contributed by atoms with E-state index in [1.807, 2.05) is 0 Å². The lowest BCUT2D eigenvalue weighted by Gasteiger charge is -2.12. The first-order valence-corrected chi connectivity index (χ1v) is 8.62. The SMILES string of the molecule is CCCCOc1ccc(C(=O)NNC(=O)c2ccc([N+](=O)[O-])cc2)cc1OC. The summed E-state index contributed by atoms with van der Waals surface area (Å²) >= 11 is 0. The van der Waals surface area contributed by atoms with Crippen LogP contribution in [0.2, 0.25) is 0 Å². The molecule has 9 nitrogen and oxygen atoms in total. The van der Waals surface area contributed by atoms with Gasteiger partial charge in [0.15, 0.2) is 11.5 Å². The van der Waals surface area contributed by atoms with Crippen molar-refractivity contribution in [3.8, 4) is 11.5 Å². The summed E-state index contributed by atoms with van der Waals surface area (Å²) in [5.41, 5.74) is 4.85. The van der Waals surface area contributed by atoms with E-state index in [0.29, 0.717) is 18.1 Å². The van der Waals surface area contributed by atoms with Crippen LogP contribution in [-0.2, 0) is 0 Å². The highest BCUT2D eigenvalue weighted by atomic mass is 16.6. The number of nitro groups is 1. The van der Waals surface area contributed by atoms with Crippen LogP contribution in [0.25, 0.3) is 0 Å². The second-order valence-corrected chi connectivity index (χ2v) is 5.78. The molecule has 2 amide bonds. The second-order valence-electron chi connectivity index (χ2n) is 5.78. The Bertz CT molecular complexity index is 851. The third-order valence-corrected chi connectivity index (χ3v) is 3.81. The molecule has 0 unspecified atom stereocenters. The molecule has 0 spiro atoms. The van der Waals surface area contributed by atoms with E-state index in [9.17, 15) is 19.7 Å². The van der Waals surface area contributed by atoms with E-state index in [-0.39, 0.29) is 16.8 Å². The van der Waals surface area contributed by atoms with Crippen LogP contribution < -0.4 is 20.3 Å². The fourth-order valence-electron chi connectivity index (χ4n) is 2.25. The van der Waals surface area contributed by atoms with Gasteiger partial charge in [-0.15, -0.1) is 0 Å². The quantitative estimate of drug-likeness (QED) is 0.408. The van der Waals surface area contributed by atoms with Crippen LogP contribution in [0.3, 0.4) is 0 Å². The zero-order chi connectivity index (χ0) is 20.5. The number of nitrogens with one attached hydrogen (secondary N) is 2. The Hall–Kier alpha value is -3.62. The summed E-state index contributed by atoms with van der Waals surface area (Å²) in [5, 5.41) is 10.6. The van der Waals surface area contributed by atoms with Gasteiger partial charge in [0, 0.05) is 23.3 Å². The van der Waals surface area contributed by atoms with Crippen LogP contribution in [0.1, 0.15) is 40.5 Å². The number of methoxy groups -OCH3 is 1. The molecule has 2 N–H and O–H groups in total. The lowest BCUT2D eigenvalue weighted by molar-refractivity contribution is -0.384. The summed E-state index contributed by atoms with van der Waals surface area (Å²) in [6.45, 7) is 2.60. The van der Waals surface area contributed by atoms with Gasteiger partial charge in [-0.25, -0.2) is 0 Å². The van der Waals surface area contributed by atoms with Crippen LogP contribution in [0, 0.1) is 10.1 Å². The standard InChI is InChI=1S/C19H21N3O6/c1-3-4-11-28-16-10-7-14(12-17(16)27-2)19(24)21-20-18(23)13-5-8-15(9-6-13)22(25)26/h5-10,12H,3-4,11H2,1-2H3,(H,20,23)(H,21,24). The molecule has 0 saturated carbocycles. The van der Waals surface area contributed by atoms with Crippen LogP contribution in [0.15, 0.2) is 42.5 Å². The van der Waals surface area contributed by atoms with Crippen molar-refractivity contribution in [2.45, 2.75) is 19.8 Å². The Morgan fingerprint density at radius 1 is 1.00 bits per heavy atom. The monoisotopic (exact) mass is 387 g/mol. The largest absolute Gasteiger partial charge is 0.493 e. The zero-order valence-corrected chi connectivity index (χ0v) is 15.6. The number of benzene rings is 2. The van der Waals surface area contributed by atoms with Crippen molar-refractivity contribution in [2.24, 2.45) is 0 Å².